The highest BCUT2D eigenvalue weighted by atomic mass is 32.1. The topological polar surface area (TPSA) is 37.3 Å². The summed E-state index contributed by atoms with van der Waals surface area (Å²) in [5.41, 5.74) is 7.29. The van der Waals surface area contributed by atoms with Crippen molar-refractivity contribution in [3.63, 3.8) is 0 Å². The van der Waals surface area contributed by atoms with Gasteiger partial charge in [0.15, 0.2) is 0 Å². The second-order valence-corrected chi connectivity index (χ2v) is 10.7. The molecule has 4 aromatic rings. The van der Waals surface area contributed by atoms with Crippen LogP contribution in [0.2, 0.25) is 0 Å². The van der Waals surface area contributed by atoms with E-state index in [1.165, 1.54) is 39.9 Å². The molecule has 1 N–H and O–H groups in total. The van der Waals surface area contributed by atoms with E-state index in [-0.39, 0.29) is 11.8 Å². The molecule has 1 aliphatic heterocycles. The van der Waals surface area contributed by atoms with Gasteiger partial charge in [-0.1, -0.05) is 24.3 Å². The quantitative estimate of drug-likeness (QED) is 0.318. The number of nitrogens with zero attached hydrogens (tertiary/aromatic N) is 2. The summed E-state index contributed by atoms with van der Waals surface area (Å²) in [6.07, 6.45) is 6.62. The number of aromatic nitrogens is 1. The third-order valence-electron chi connectivity index (χ3n) is 7.24. The molecule has 2 aliphatic rings. The summed E-state index contributed by atoms with van der Waals surface area (Å²) in [6.45, 7) is 4.51. The second kappa shape index (κ2) is 8.68. The van der Waals surface area contributed by atoms with E-state index in [1.807, 2.05) is 60.4 Å². The smallest absolute Gasteiger partial charge is 0.310 e. The zero-order valence-electron chi connectivity index (χ0n) is 20.0. The minimum atomic E-state index is -0.412. The van der Waals surface area contributed by atoms with Crippen molar-refractivity contribution >= 4 is 23.1 Å². The minimum absolute atomic E-state index is 0.177. The molecule has 0 bridgehead atoms. The Hall–Kier alpha value is -3.38. The average Bonchev–Trinajstić information content (AvgIpc) is 3.43. The zero-order valence-corrected chi connectivity index (χ0v) is 20.8. The Morgan fingerprint density at radius 2 is 1.89 bits per heavy atom. The van der Waals surface area contributed by atoms with Crippen LogP contribution in [0.25, 0.3) is 5.00 Å². The number of carbonyl (C=O) groups excluding carboxylic acids is 1. The first-order valence-corrected chi connectivity index (χ1v) is 13.0. The highest BCUT2D eigenvalue weighted by molar-refractivity contribution is 7.15. The van der Waals surface area contributed by atoms with Crippen molar-refractivity contribution in [3.05, 3.63) is 105 Å². The number of fused-ring (bicyclic) bond motifs is 5. The molecule has 35 heavy (non-hydrogen) atoms. The average molecular weight is 486 g/mol. The Kier molecular flexibility index (Phi) is 5.49. The first kappa shape index (κ1) is 22.1. The summed E-state index contributed by atoms with van der Waals surface area (Å²) < 4.78 is 16.6. The molecule has 4 nitrogen and oxygen atoms in total. The van der Waals surface area contributed by atoms with Crippen molar-refractivity contribution < 1.29 is 9.18 Å². The van der Waals surface area contributed by atoms with E-state index >= 15 is 0 Å². The lowest BCUT2D eigenvalue weighted by Crippen LogP contribution is -2.38. The molecule has 2 amide bonds. The van der Waals surface area contributed by atoms with Crippen molar-refractivity contribution in [2.45, 2.75) is 52.1 Å². The predicted octanol–water partition coefficient (Wildman–Crippen LogP) is 7.31. The summed E-state index contributed by atoms with van der Waals surface area (Å²) in [7, 11) is 0. The van der Waals surface area contributed by atoms with Gasteiger partial charge in [0, 0.05) is 22.3 Å². The Morgan fingerprint density at radius 3 is 2.74 bits per heavy atom. The summed E-state index contributed by atoms with van der Waals surface area (Å²) in [5.74, 6) is -0.299. The number of carbonyl (C=O) groups is 1. The normalized spacial score (nSPS) is 16.8. The number of hydrogen-bond acceptors (Lipinski definition) is 2. The van der Waals surface area contributed by atoms with Gasteiger partial charge >= 0.3 is 6.03 Å². The molecule has 0 unspecified atom stereocenters. The maximum Gasteiger partial charge on any atom is 0.322 e. The molecule has 2 aromatic heterocycles. The molecule has 0 saturated heterocycles. The van der Waals surface area contributed by atoms with Gasteiger partial charge in [-0.25, -0.2) is 9.18 Å². The molecule has 0 radical (unpaired) electrons. The highest BCUT2D eigenvalue weighted by Crippen LogP contribution is 2.44. The maximum absolute atomic E-state index is 14.4. The SMILES string of the molecule is Cc1ccc(C)c(NC(=O)N2Cc3c(sc4c3CCCC4)-n3cccc3[C@@H]2c2cccc(F)c2)c1. The van der Waals surface area contributed by atoms with Crippen LogP contribution in [0.5, 0.6) is 0 Å². The fourth-order valence-corrected chi connectivity index (χ4v) is 6.88. The molecule has 0 saturated carbocycles. The molecule has 2 aromatic carbocycles. The van der Waals surface area contributed by atoms with Crippen LogP contribution in [-0.4, -0.2) is 15.5 Å². The van der Waals surface area contributed by atoms with E-state index in [0.29, 0.717) is 6.54 Å². The molecule has 3 heterocycles. The van der Waals surface area contributed by atoms with Gasteiger partial charge in [-0.15, -0.1) is 11.3 Å². The number of rotatable bonds is 2. The molecular weight excluding hydrogens is 457 g/mol. The second-order valence-electron chi connectivity index (χ2n) is 9.63. The fourth-order valence-electron chi connectivity index (χ4n) is 5.47. The van der Waals surface area contributed by atoms with E-state index in [9.17, 15) is 9.18 Å². The van der Waals surface area contributed by atoms with Gasteiger partial charge in [0.2, 0.25) is 0 Å². The van der Waals surface area contributed by atoms with Crippen molar-refractivity contribution in [1.82, 2.24) is 9.47 Å². The number of aryl methyl sites for hydroxylation is 3. The first-order chi connectivity index (χ1) is 17.0. The predicted molar refractivity (Wildman–Crippen MR) is 139 cm³/mol. The number of amides is 2. The first-order valence-electron chi connectivity index (χ1n) is 12.2. The number of halogens is 1. The maximum atomic E-state index is 14.4. The largest absolute Gasteiger partial charge is 0.322 e. The van der Waals surface area contributed by atoms with Gasteiger partial charge in [0.1, 0.15) is 10.8 Å². The van der Waals surface area contributed by atoms with Crippen LogP contribution in [-0.2, 0) is 19.4 Å². The molecule has 0 fully saturated rings. The van der Waals surface area contributed by atoms with Crippen LogP contribution >= 0.6 is 11.3 Å². The van der Waals surface area contributed by atoms with Crippen molar-refractivity contribution in [2.24, 2.45) is 0 Å². The lowest BCUT2D eigenvalue weighted by atomic mass is 9.95. The Morgan fingerprint density at radius 1 is 1.03 bits per heavy atom. The summed E-state index contributed by atoms with van der Waals surface area (Å²) in [4.78, 5) is 17.3. The minimum Gasteiger partial charge on any atom is -0.310 e. The lowest BCUT2D eigenvalue weighted by molar-refractivity contribution is 0.194. The van der Waals surface area contributed by atoms with Crippen LogP contribution in [0.4, 0.5) is 14.9 Å². The fraction of sp³-hybridized carbons (Fsp3) is 0.276. The molecule has 0 spiro atoms. The highest BCUT2D eigenvalue weighted by Gasteiger charge is 2.36. The van der Waals surface area contributed by atoms with E-state index in [4.69, 9.17) is 0 Å². The number of anilines is 1. The van der Waals surface area contributed by atoms with Crippen molar-refractivity contribution in [2.75, 3.05) is 5.32 Å². The molecule has 6 rings (SSSR count). The standard InChI is InChI=1S/C29H28FN3OS/c1-18-12-13-19(2)24(15-18)31-29(34)33-17-23-22-9-3-4-11-26(22)35-28(23)32-14-6-10-25(32)27(33)20-7-5-8-21(30)16-20/h5-8,10,12-16,27H,3-4,9,11,17H2,1-2H3,(H,31,34)/t27-/m0/s1. The van der Waals surface area contributed by atoms with Gasteiger partial charge in [-0.2, -0.15) is 0 Å². The van der Waals surface area contributed by atoms with Crippen LogP contribution < -0.4 is 5.32 Å². The number of thiophene rings is 1. The number of nitrogens with one attached hydrogen (secondary N) is 1. The number of benzene rings is 2. The summed E-state index contributed by atoms with van der Waals surface area (Å²) in [6, 6.07) is 16.2. The summed E-state index contributed by atoms with van der Waals surface area (Å²) >= 11 is 1.85. The van der Waals surface area contributed by atoms with Gasteiger partial charge in [0.25, 0.3) is 0 Å². The van der Waals surface area contributed by atoms with Crippen LogP contribution in [0.1, 0.15) is 57.3 Å². The van der Waals surface area contributed by atoms with Crippen molar-refractivity contribution in [3.8, 4) is 5.00 Å². The Labute approximate surface area is 209 Å². The molecule has 6 heteroatoms. The summed E-state index contributed by atoms with van der Waals surface area (Å²) in [5, 5.41) is 4.37. The number of urea groups is 1. The van der Waals surface area contributed by atoms with Crippen LogP contribution in [0.15, 0.2) is 60.8 Å². The van der Waals surface area contributed by atoms with E-state index in [2.05, 4.69) is 22.1 Å². The third kappa shape index (κ3) is 3.86. The zero-order chi connectivity index (χ0) is 24.1. The van der Waals surface area contributed by atoms with Gasteiger partial charge in [-0.05, 0) is 92.1 Å². The Balaban J connectivity index is 1.51. The van der Waals surface area contributed by atoms with Crippen molar-refractivity contribution in [1.29, 1.82) is 0 Å². The van der Waals surface area contributed by atoms with Crippen LogP contribution in [0, 0.1) is 19.7 Å². The van der Waals surface area contributed by atoms with E-state index < -0.39 is 6.04 Å². The van der Waals surface area contributed by atoms with E-state index in [1.54, 1.807) is 12.1 Å². The van der Waals surface area contributed by atoms with Gasteiger partial charge in [-0.3, -0.25) is 0 Å². The van der Waals surface area contributed by atoms with Crippen LogP contribution in [0.3, 0.4) is 0 Å². The van der Waals surface area contributed by atoms with E-state index in [0.717, 1.165) is 40.9 Å². The lowest BCUT2D eigenvalue weighted by Gasteiger charge is -2.31. The van der Waals surface area contributed by atoms with Gasteiger partial charge in [0.05, 0.1) is 18.3 Å². The Bertz CT molecular complexity index is 1440. The monoisotopic (exact) mass is 485 g/mol. The van der Waals surface area contributed by atoms with Gasteiger partial charge < -0.3 is 14.8 Å². The molecule has 1 aliphatic carbocycles. The molecule has 178 valence electrons. The molecule has 1 atom stereocenters. The molecular formula is C29H28FN3OS. The number of hydrogen-bond donors (Lipinski definition) is 1. The third-order valence-corrected chi connectivity index (χ3v) is 8.57.